The number of benzene rings is 1. The SMILES string of the molecule is Nc1ncc(-c2ccc3c(c2)CC[C@@]32CCN(C3CCOCC3)C2)cc1C(=O)NC12CCC(O)(CC1)CC2. The first-order valence-corrected chi connectivity index (χ1v) is 14.6. The number of aryl methyl sites for hydroxylation is 1. The number of rotatable bonds is 4. The zero-order chi connectivity index (χ0) is 26.0. The van der Waals surface area contributed by atoms with Gasteiger partial charge in [0, 0.05) is 48.5 Å². The maximum atomic E-state index is 13.4. The number of nitrogen functional groups attached to an aromatic ring is 1. The van der Waals surface area contributed by atoms with Crippen LogP contribution < -0.4 is 11.1 Å². The molecule has 1 atom stereocenters. The van der Waals surface area contributed by atoms with Crippen LogP contribution in [0.15, 0.2) is 30.5 Å². The van der Waals surface area contributed by atoms with E-state index in [-0.39, 0.29) is 22.7 Å². The molecular weight excluding hydrogens is 476 g/mol. The number of fused-ring (bicyclic) bond motifs is 5. The topological polar surface area (TPSA) is 101 Å². The van der Waals surface area contributed by atoms with Crippen LogP contribution in [0.25, 0.3) is 11.1 Å². The molecule has 2 aromatic rings. The van der Waals surface area contributed by atoms with Gasteiger partial charge in [-0.05, 0) is 99.9 Å². The molecule has 202 valence electrons. The Kier molecular flexibility index (Phi) is 5.84. The Labute approximate surface area is 225 Å². The molecule has 5 fully saturated rings. The van der Waals surface area contributed by atoms with Gasteiger partial charge < -0.3 is 20.9 Å². The van der Waals surface area contributed by atoms with E-state index >= 15 is 0 Å². The third kappa shape index (κ3) is 4.14. The molecule has 6 aliphatic rings. The predicted octanol–water partition coefficient (Wildman–Crippen LogP) is 3.97. The number of hydrogen-bond acceptors (Lipinski definition) is 6. The van der Waals surface area contributed by atoms with Gasteiger partial charge in [0.1, 0.15) is 5.82 Å². The minimum absolute atomic E-state index is 0.150. The quantitative estimate of drug-likeness (QED) is 0.569. The molecule has 1 spiro atoms. The van der Waals surface area contributed by atoms with Crippen molar-refractivity contribution in [2.75, 3.05) is 32.0 Å². The third-order valence-corrected chi connectivity index (χ3v) is 10.7. The van der Waals surface area contributed by atoms with Crippen LogP contribution in [0.5, 0.6) is 0 Å². The second-order valence-corrected chi connectivity index (χ2v) is 12.8. The molecule has 0 unspecified atom stereocenters. The number of aliphatic hydroxyl groups is 1. The van der Waals surface area contributed by atoms with Gasteiger partial charge in [0.15, 0.2) is 0 Å². The molecule has 7 heteroatoms. The van der Waals surface area contributed by atoms with E-state index in [1.54, 1.807) is 6.20 Å². The number of carbonyl (C=O) groups is 1. The Morgan fingerprint density at radius 1 is 1.03 bits per heavy atom. The molecule has 4 aliphatic carbocycles. The molecule has 2 saturated heterocycles. The summed E-state index contributed by atoms with van der Waals surface area (Å²) < 4.78 is 5.60. The highest BCUT2D eigenvalue weighted by Crippen LogP contribution is 2.48. The summed E-state index contributed by atoms with van der Waals surface area (Å²) in [6, 6.07) is 9.44. The summed E-state index contributed by atoms with van der Waals surface area (Å²) in [5.74, 6) is 0.119. The first-order valence-electron chi connectivity index (χ1n) is 14.6. The lowest BCUT2D eigenvalue weighted by Crippen LogP contribution is -2.58. The van der Waals surface area contributed by atoms with Crippen molar-refractivity contribution in [1.29, 1.82) is 0 Å². The molecule has 0 radical (unpaired) electrons. The number of hydrogen-bond donors (Lipinski definition) is 3. The molecule has 1 amide bonds. The number of nitrogens with zero attached hydrogens (tertiary/aromatic N) is 2. The largest absolute Gasteiger partial charge is 0.390 e. The fourth-order valence-electron chi connectivity index (χ4n) is 8.17. The van der Waals surface area contributed by atoms with Gasteiger partial charge in [-0.15, -0.1) is 0 Å². The molecule has 4 N–H and O–H groups in total. The average molecular weight is 517 g/mol. The normalized spacial score (nSPS) is 33.1. The number of anilines is 1. The first kappa shape index (κ1) is 24.6. The molecular formula is C31H40N4O3. The number of ether oxygens (including phenoxy) is 1. The maximum Gasteiger partial charge on any atom is 0.255 e. The van der Waals surface area contributed by atoms with Crippen molar-refractivity contribution in [3.05, 3.63) is 47.2 Å². The van der Waals surface area contributed by atoms with Crippen molar-refractivity contribution in [2.45, 2.75) is 93.2 Å². The van der Waals surface area contributed by atoms with Crippen molar-refractivity contribution in [3.8, 4) is 11.1 Å². The van der Waals surface area contributed by atoms with E-state index in [9.17, 15) is 9.90 Å². The molecule has 7 nitrogen and oxygen atoms in total. The van der Waals surface area contributed by atoms with Gasteiger partial charge in [0.05, 0.1) is 11.2 Å². The number of carbonyl (C=O) groups excluding carboxylic acids is 1. The third-order valence-electron chi connectivity index (χ3n) is 10.7. The molecule has 2 bridgehead atoms. The van der Waals surface area contributed by atoms with Gasteiger partial charge in [-0.1, -0.05) is 18.2 Å². The van der Waals surface area contributed by atoms with Crippen LogP contribution in [0.1, 0.15) is 85.7 Å². The smallest absolute Gasteiger partial charge is 0.255 e. The molecule has 1 aromatic carbocycles. The fourth-order valence-corrected chi connectivity index (χ4v) is 8.17. The van der Waals surface area contributed by atoms with Crippen molar-refractivity contribution in [1.82, 2.24) is 15.2 Å². The number of amides is 1. The van der Waals surface area contributed by atoms with Crippen molar-refractivity contribution < 1.29 is 14.6 Å². The van der Waals surface area contributed by atoms with E-state index in [2.05, 4.69) is 33.4 Å². The second-order valence-electron chi connectivity index (χ2n) is 12.8. The van der Waals surface area contributed by atoms with Crippen LogP contribution in [0.2, 0.25) is 0 Å². The first-order chi connectivity index (χ1) is 18.4. The van der Waals surface area contributed by atoms with E-state index in [0.717, 1.165) is 88.7 Å². The molecule has 3 saturated carbocycles. The van der Waals surface area contributed by atoms with Crippen LogP contribution >= 0.6 is 0 Å². The summed E-state index contributed by atoms with van der Waals surface area (Å²) in [4.78, 5) is 20.5. The molecule has 1 aromatic heterocycles. The Balaban J connectivity index is 1.10. The highest BCUT2D eigenvalue weighted by atomic mass is 16.5. The summed E-state index contributed by atoms with van der Waals surface area (Å²) >= 11 is 0. The minimum atomic E-state index is -0.527. The number of nitrogens with one attached hydrogen (secondary N) is 1. The lowest BCUT2D eigenvalue weighted by atomic mass is 9.63. The predicted molar refractivity (Wildman–Crippen MR) is 147 cm³/mol. The molecule has 8 rings (SSSR count). The lowest BCUT2D eigenvalue weighted by molar-refractivity contribution is -0.0702. The summed E-state index contributed by atoms with van der Waals surface area (Å²) in [7, 11) is 0. The van der Waals surface area contributed by atoms with Crippen molar-refractivity contribution in [2.24, 2.45) is 0 Å². The van der Waals surface area contributed by atoms with Gasteiger partial charge in [-0.3, -0.25) is 9.69 Å². The lowest BCUT2D eigenvalue weighted by Gasteiger charge is -2.51. The highest BCUT2D eigenvalue weighted by molar-refractivity contribution is 6.00. The van der Waals surface area contributed by atoms with E-state index in [0.29, 0.717) is 11.6 Å². The van der Waals surface area contributed by atoms with Crippen LogP contribution in [-0.4, -0.2) is 64.4 Å². The van der Waals surface area contributed by atoms with Crippen LogP contribution in [0.3, 0.4) is 0 Å². The monoisotopic (exact) mass is 516 g/mol. The molecule has 3 heterocycles. The van der Waals surface area contributed by atoms with Gasteiger partial charge in [0.25, 0.3) is 5.91 Å². The minimum Gasteiger partial charge on any atom is -0.390 e. The van der Waals surface area contributed by atoms with Gasteiger partial charge >= 0.3 is 0 Å². The van der Waals surface area contributed by atoms with Gasteiger partial charge in [-0.2, -0.15) is 0 Å². The van der Waals surface area contributed by atoms with E-state index in [4.69, 9.17) is 10.5 Å². The van der Waals surface area contributed by atoms with Gasteiger partial charge in [0.2, 0.25) is 0 Å². The standard InChI is InChI=1S/C31H40N4O3/c32-27-25(28(36)34-30-7-10-31(37,11-8-30)12-9-30)18-23(19-33-27)21-1-2-26-22(17-21)3-6-29(26)13-14-35(20-29)24-4-15-38-16-5-24/h1-2,17-19,24,37H,3-16,20H2,(H2,32,33)(H,34,36)/t29-,30?,31?/m0/s1. The number of aromatic nitrogens is 1. The number of pyridine rings is 1. The van der Waals surface area contributed by atoms with Crippen LogP contribution in [-0.2, 0) is 16.6 Å². The Morgan fingerprint density at radius 2 is 1.79 bits per heavy atom. The molecule has 2 aliphatic heterocycles. The van der Waals surface area contributed by atoms with Crippen molar-refractivity contribution >= 4 is 11.7 Å². The van der Waals surface area contributed by atoms with Gasteiger partial charge in [-0.25, -0.2) is 4.98 Å². The Morgan fingerprint density at radius 3 is 2.55 bits per heavy atom. The second kappa shape index (κ2) is 9.04. The van der Waals surface area contributed by atoms with E-state index in [1.165, 1.54) is 30.5 Å². The Bertz CT molecular complexity index is 1230. The maximum absolute atomic E-state index is 13.4. The van der Waals surface area contributed by atoms with E-state index in [1.807, 2.05) is 6.07 Å². The van der Waals surface area contributed by atoms with Crippen LogP contribution in [0.4, 0.5) is 5.82 Å². The number of nitrogens with two attached hydrogens (primary N) is 1. The zero-order valence-electron chi connectivity index (χ0n) is 22.3. The highest BCUT2D eigenvalue weighted by Gasteiger charge is 2.49. The average Bonchev–Trinajstić information content (AvgIpc) is 3.54. The summed E-state index contributed by atoms with van der Waals surface area (Å²) in [5.41, 5.74) is 11.2. The fraction of sp³-hybridized carbons (Fsp3) is 0.613. The zero-order valence-corrected chi connectivity index (χ0v) is 22.3. The van der Waals surface area contributed by atoms with Crippen LogP contribution in [0, 0.1) is 0 Å². The summed E-state index contributed by atoms with van der Waals surface area (Å²) in [5, 5.41) is 13.8. The summed E-state index contributed by atoms with van der Waals surface area (Å²) in [6.45, 7) is 4.14. The van der Waals surface area contributed by atoms with Crippen molar-refractivity contribution in [3.63, 3.8) is 0 Å². The molecule has 38 heavy (non-hydrogen) atoms. The Hall–Kier alpha value is -2.48. The summed E-state index contributed by atoms with van der Waals surface area (Å²) in [6.07, 6.45) is 12.4. The number of likely N-dealkylation sites (tertiary alicyclic amines) is 1. The van der Waals surface area contributed by atoms with E-state index < -0.39 is 5.60 Å².